The second-order valence-corrected chi connectivity index (χ2v) is 3.28. The first-order valence-corrected chi connectivity index (χ1v) is 4.76. The van der Waals surface area contributed by atoms with Crippen LogP contribution in [-0.4, -0.2) is 12.6 Å². The predicted molar refractivity (Wildman–Crippen MR) is 55.2 cm³/mol. The van der Waals surface area contributed by atoms with Gasteiger partial charge in [-0.2, -0.15) is 0 Å². The van der Waals surface area contributed by atoms with Crippen molar-refractivity contribution in [3.63, 3.8) is 0 Å². The van der Waals surface area contributed by atoms with Crippen molar-refractivity contribution < 1.29 is 4.74 Å². The molecule has 2 N–H and O–H groups in total. The summed E-state index contributed by atoms with van der Waals surface area (Å²) in [4.78, 5) is 0. The fraction of sp³-hybridized carbons (Fsp3) is 0.400. The molecule has 0 aliphatic rings. The van der Waals surface area contributed by atoms with Gasteiger partial charge in [-0.05, 0) is 24.6 Å². The quantitative estimate of drug-likeness (QED) is 0.809. The van der Waals surface area contributed by atoms with E-state index in [1.165, 1.54) is 0 Å². The molecule has 0 fully saturated rings. The Balaban J connectivity index is 2.62. The average Bonchev–Trinajstić information content (AvgIpc) is 2.14. The Kier molecular flexibility index (Phi) is 4.06. The Morgan fingerprint density at radius 1 is 1.54 bits per heavy atom. The molecule has 72 valence electrons. The Morgan fingerprint density at radius 2 is 2.31 bits per heavy atom. The van der Waals surface area contributed by atoms with Crippen LogP contribution in [0.15, 0.2) is 24.3 Å². The molecule has 0 bridgehead atoms. The fourth-order valence-corrected chi connectivity index (χ4v) is 1.21. The highest BCUT2D eigenvalue weighted by atomic mass is 35.5. The second kappa shape index (κ2) is 5.10. The van der Waals surface area contributed by atoms with Crippen LogP contribution < -0.4 is 10.5 Å². The molecule has 1 aromatic carbocycles. The first-order valence-electron chi connectivity index (χ1n) is 4.38. The molecule has 0 saturated carbocycles. The summed E-state index contributed by atoms with van der Waals surface area (Å²) in [6, 6.07) is 7.35. The van der Waals surface area contributed by atoms with Crippen molar-refractivity contribution in [3.05, 3.63) is 29.3 Å². The van der Waals surface area contributed by atoms with Gasteiger partial charge in [-0.1, -0.05) is 24.6 Å². The van der Waals surface area contributed by atoms with Crippen molar-refractivity contribution in [1.29, 1.82) is 0 Å². The van der Waals surface area contributed by atoms with Gasteiger partial charge < -0.3 is 10.5 Å². The maximum atomic E-state index is 5.80. The molecular weight excluding hydrogens is 186 g/mol. The molecule has 2 nitrogen and oxygen atoms in total. The minimum Gasteiger partial charge on any atom is -0.489 e. The maximum absolute atomic E-state index is 5.80. The number of rotatable bonds is 4. The van der Waals surface area contributed by atoms with Crippen LogP contribution in [0.4, 0.5) is 0 Å². The molecule has 0 aliphatic carbocycles. The summed E-state index contributed by atoms with van der Waals surface area (Å²) in [6.45, 7) is 2.57. The summed E-state index contributed by atoms with van der Waals surface area (Å²) >= 11 is 5.80. The number of nitrogens with two attached hydrogens (primary N) is 1. The summed E-state index contributed by atoms with van der Waals surface area (Å²) < 4.78 is 5.58. The molecule has 0 spiro atoms. The third-order valence-corrected chi connectivity index (χ3v) is 2.05. The molecule has 0 heterocycles. The van der Waals surface area contributed by atoms with Crippen LogP contribution in [0.1, 0.15) is 13.3 Å². The lowest BCUT2D eigenvalue weighted by atomic mass is 10.2. The molecule has 1 aromatic rings. The summed E-state index contributed by atoms with van der Waals surface area (Å²) in [5.41, 5.74) is 5.51. The minimum atomic E-state index is 0.0819. The smallest absolute Gasteiger partial charge is 0.121 e. The monoisotopic (exact) mass is 199 g/mol. The third kappa shape index (κ3) is 3.25. The first kappa shape index (κ1) is 10.4. The van der Waals surface area contributed by atoms with Gasteiger partial charge in [0.1, 0.15) is 11.9 Å². The van der Waals surface area contributed by atoms with Crippen molar-refractivity contribution >= 4 is 11.6 Å². The van der Waals surface area contributed by atoms with Gasteiger partial charge in [0.25, 0.3) is 0 Å². The van der Waals surface area contributed by atoms with E-state index in [0.29, 0.717) is 11.6 Å². The highest BCUT2D eigenvalue weighted by Gasteiger charge is 2.04. The molecular formula is C10H14ClNO. The molecule has 0 aromatic heterocycles. The van der Waals surface area contributed by atoms with E-state index in [4.69, 9.17) is 22.1 Å². The van der Waals surface area contributed by atoms with Crippen LogP contribution in [0.2, 0.25) is 5.02 Å². The number of halogens is 1. The van der Waals surface area contributed by atoms with E-state index >= 15 is 0 Å². The van der Waals surface area contributed by atoms with Gasteiger partial charge in [-0.25, -0.2) is 0 Å². The lowest BCUT2D eigenvalue weighted by molar-refractivity contribution is 0.205. The zero-order chi connectivity index (χ0) is 9.68. The SMILES string of the molecule is CC[C@@H](CN)Oc1cccc(Cl)c1. The van der Waals surface area contributed by atoms with Crippen LogP contribution in [-0.2, 0) is 0 Å². The van der Waals surface area contributed by atoms with Crippen molar-refractivity contribution in [2.75, 3.05) is 6.54 Å². The molecule has 0 unspecified atom stereocenters. The minimum absolute atomic E-state index is 0.0819. The fourth-order valence-electron chi connectivity index (χ4n) is 1.03. The van der Waals surface area contributed by atoms with Crippen molar-refractivity contribution in [2.45, 2.75) is 19.4 Å². The Bertz CT molecular complexity index is 261. The molecule has 0 aliphatic heterocycles. The predicted octanol–water partition coefficient (Wildman–Crippen LogP) is 2.46. The molecule has 13 heavy (non-hydrogen) atoms. The molecule has 3 heteroatoms. The largest absolute Gasteiger partial charge is 0.489 e. The molecule has 0 amide bonds. The standard InChI is InChI=1S/C10H14ClNO/c1-2-9(7-12)13-10-5-3-4-8(11)6-10/h3-6,9H,2,7,12H2,1H3/t9-/m0/s1. The van der Waals surface area contributed by atoms with Crippen LogP contribution in [0, 0.1) is 0 Å². The average molecular weight is 200 g/mol. The summed E-state index contributed by atoms with van der Waals surface area (Å²) in [7, 11) is 0. The lowest BCUT2D eigenvalue weighted by Gasteiger charge is -2.15. The van der Waals surface area contributed by atoms with Gasteiger partial charge in [0.05, 0.1) is 0 Å². The topological polar surface area (TPSA) is 35.2 Å². The van der Waals surface area contributed by atoms with Crippen molar-refractivity contribution in [1.82, 2.24) is 0 Å². The number of benzene rings is 1. The molecule has 1 atom stereocenters. The van der Waals surface area contributed by atoms with Crippen molar-refractivity contribution in [3.8, 4) is 5.75 Å². The van der Waals surface area contributed by atoms with E-state index in [-0.39, 0.29) is 6.10 Å². The normalized spacial score (nSPS) is 12.5. The molecule has 0 radical (unpaired) electrons. The molecule has 1 rings (SSSR count). The number of hydrogen-bond acceptors (Lipinski definition) is 2. The van der Waals surface area contributed by atoms with Crippen molar-refractivity contribution in [2.24, 2.45) is 5.73 Å². The van der Waals surface area contributed by atoms with E-state index in [9.17, 15) is 0 Å². The van der Waals surface area contributed by atoms with Crippen LogP contribution >= 0.6 is 11.6 Å². The number of hydrogen-bond donors (Lipinski definition) is 1. The summed E-state index contributed by atoms with van der Waals surface area (Å²) in [5.74, 6) is 0.782. The Hall–Kier alpha value is -0.730. The number of ether oxygens (including phenoxy) is 1. The van der Waals surface area contributed by atoms with Gasteiger partial charge in [-0.3, -0.25) is 0 Å². The summed E-state index contributed by atoms with van der Waals surface area (Å²) in [5, 5.41) is 0.685. The van der Waals surface area contributed by atoms with Gasteiger partial charge in [-0.15, -0.1) is 0 Å². The van der Waals surface area contributed by atoms with Crippen LogP contribution in [0.25, 0.3) is 0 Å². The maximum Gasteiger partial charge on any atom is 0.121 e. The summed E-state index contributed by atoms with van der Waals surface area (Å²) in [6.07, 6.45) is 0.988. The zero-order valence-corrected chi connectivity index (χ0v) is 8.42. The first-order chi connectivity index (χ1) is 6.26. The highest BCUT2D eigenvalue weighted by Crippen LogP contribution is 2.18. The van der Waals surface area contributed by atoms with E-state index in [1.54, 1.807) is 6.07 Å². The molecule has 0 saturated heterocycles. The van der Waals surface area contributed by atoms with Gasteiger partial charge >= 0.3 is 0 Å². The Labute approximate surface area is 83.6 Å². The van der Waals surface area contributed by atoms with Gasteiger partial charge in [0.15, 0.2) is 0 Å². The van der Waals surface area contributed by atoms with E-state index < -0.39 is 0 Å². The zero-order valence-electron chi connectivity index (χ0n) is 7.66. The highest BCUT2D eigenvalue weighted by molar-refractivity contribution is 6.30. The third-order valence-electron chi connectivity index (χ3n) is 1.82. The lowest BCUT2D eigenvalue weighted by Crippen LogP contribution is -2.25. The van der Waals surface area contributed by atoms with E-state index in [1.807, 2.05) is 25.1 Å². The van der Waals surface area contributed by atoms with Crippen LogP contribution in [0.3, 0.4) is 0 Å². The van der Waals surface area contributed by atoms with E-state index in [2.05, 4.69) is 0 Å². The van der Waals surface area contributed by atoms with E-state index in [0.717, 1.165) is 12.2 Å². The Morgan fingerprint density at radius 3 is 2.85 bits per heavy atom. The van der Waals surface area contributed by atoms with Gasteiger partial charge in [0, 0.05) is 11.6 Å². The van der Waals surface area contributed by atoms with Gasteiger partial charge in [0.2, 0.25) is 0 Å². The van der Waals surface area contributed by atoms with Crippen LogP contribution in [0.5, 0.6) is 5.75 Å². The second-order valence-electron chi connectivity index (χ2n) is 2.84.